The van der Waals surface area contributed by atoms with Crippen LogP contribution < -0.4 is 15.5 Å². The van der Waals surface area contributed by atoms with Gasteiger partial charge in [0.25, 0.3) is 0 Å². The molecule has 6 nitrogen and oxygen atoms in total. The van der Waals surface area contributed by atoms with Crippen LogP contribution in [0.3, 0.4) is 0 Å². The summed E-state index contributed by atoms with van der Waals surface area (Å²) in [6, 6.07) is 27.2. The number of hydrogen-bond donors (Lipinski definition) is 3. The van der Waals surface area contributed by atoms with E-state index in [9.17, 15) is 0 Å². The topological polar surface area (TPSA) is 81.9 Å². The minimum Gasteiger partial charge on any atom is -0.497 e. The van der Waals surface area contributed by atoms with E-state index in [4.69, 9.17) is 10.1 Å². The number of anilines is 1. The molecule has 4 aromatic carbocycles. The van der Waals surface area contributed by atoms with Gasteiger partial charge in [0.1, 0.15) is 11.6 Å². The van der Waals surface area contributed by atoms with Crippen LogP contribution in [0.15, 0.2) is 95.3 Å². The molecule has 35 heavy (non-hydrogen) atoms. The van der Waals surface area contributed by atoms with Crippen LogP contribution in [-0.4, -0.2) is 19.0 Å². The largest absolute Gasteiger partial charge is 0.497 e. The fourth-order valence-corrected chi connectivity index (χ4v) is 3.59. The van der Waals surface area contributed by atoms with Crippen LogP contribution in [0.25, 0.3) is 10.8 Å². The van der Waals surface area contributed by atoms with Gasteiger partial charge in [-0.2, -0.15) is 0 Å². The molecule has 0 amide bonds. The van der Waals surface area contributed by atoms with Crippen molar-refractivity contribution in [3.8, 4) is 17.6 Å². The van der Waals surface area contributed by atoms with Gasteiger partial charge in [0.15, 0.2) is 0 Å². The van der Waals surface area contributed by atoms with Gasteiger partial charge in [0.05, 0.1) is 18.5 Å². The molecule has 6 heteroatoms. The fraction of sp³-hybridized carbons (Fsp3) is 0.138. The molecule has 0 spiro atoms. The molecule has 4 rings (SSSR count). The van der Waals surface area contributed by atoms with Gasteiger partial charge in [-0.05, 0) is 67.8 Å². The van der Waals surface area contributed by atoms with E-state index in [-0.39, 0.29) is 6.04 Å². The van der Waals surface area contributed by atoms with Gasteiger partial charge in [0.2, 0.25) is 0 Å². The number of para-hydroxylation sites is 1. The number of methoxy groups -OCH3 is 1. The standard InChI is InChI=1S/C29H27N5O/c1-20(2)31-29(30)26-18-19-28(25-10-6-5-9-24(25)26)33-34-32-27-11-7-4-8-22(27)15-12-21-13-16-23(35-3)17-14-21/h4-11,13-14,16-20H,1-3H3,(H2,30,31)(H,32,33). The highest BCUT2D eigenvalue weighted by atomic mass is 16.5. The van der Waals surface area contributed by atoms with Crippen molar-refractivity contribution >= 4 is 28.0 Å². The van der Waals surface area contributed by atoms with E-state index in [1.807, 2.05) is 98.8 Å². The van der Waals surface area contributed by atoms with E-state index in [0.717, 1.165) is 44.6 Å². The number of ether oxygens (including phenoxy) is 1. The monoisotopic (exact) mass is 461 g/mol. The fourth-order valence-electron chi connectivity index (χ4n) is 3.59. The van der Waals surface area contributed by atoms with Crippen LogP contribution in [0.5, 0.6) is 5.75 Å². The summed E-state index contributed by atoms with van der Waals surface area (Å²) in [6.45, 7) is 4.04. The Kier molecular flexibility index (Phi) is 7.39. The van der Waals surface area contributed by atoms with Crippen molar-refractivity contribution in [2.45, 2.75) is 19.9 Å². The summed E-state index contributed by atoms with van der Waals surface area (Å²) >= 11 is 0. The summed E-state index contributed by atoms with van der Waals surface area (Å²) in [5, 5.41) is 22.1. The van der Waals surface area contributed by atoms with E-state index >= 15 is 0 Å². The first kappa shape index (κ1) is 23.5. The molecule has 0 unspecified atom stereocenters. The van der Waals surface area contributed by atoms with Crippen LogP contribution in [-0.2, 0) is 0 Å². The summed E-state index contributed by atoms with van der Waals surface area (Å²) in [5.41, 5.74) is 7.05. The summed E-state index contributed by atoms with van der Waals surface area (Å²) in [5.74, 6) is 7.56. The second-order valence-electron chi connectivity index (χ2n) is 8.19. The van der Waals surface area contributed by atoms with E-state index in [1.54, 1.807) is 7.11 Å². The minimum absolute atomic E-state index is 0.178. The lowest BCUT2D eigenvalue weighted by Crippen LogP contribution is -2.30. The second kappa shape index (κ2) is 11.0. The zero-order chi connectivity index (χ0) is 24.6. The van der Waals surface area contributed by atoms with Crippen molar-refractivity contribution < 1.29 is 4.74 Å². The average Bonchev–Trinajstić information content (AvgIpc) is 2.88. The molecule has 0 bridgehead atoms. The zero-order valence-corrected chi connectivity index (χ0v) is 20.0. The molecule has 0 saturated carbocycles. The Labute approximate surface area is 205 Å². The van der Waals surface area contributed by atoms with Crippen LogP contribution in [0.4, 0.5) is 11.4 Å². The molecule has 0 atom stereocenters. The van der Waals surface area contributed by atoms with Gasteiger partial charge in [-0.1, -0.05) is 53.5 Å². The molecule has 0 fully saturated rings. The smallest absolute Gasteiger partial charge is 0.126 e. The Hall–Kier alpha value is -4.63. The molecule has 174 valence electrons. The van der Waals surface area contributed by atoms with Gasteiger partial charge >= 0.3 is 0 Å². The predicted molar refractivity (Wildman–Crippen MR) is 143 cm³/mol. The van der Waals surface area contributed by atoms with Gasteiger partial charge in [-0.15, -0.1) is 5.11 Å². The molecular formula is C29H27N5O. The van der Waals surface area contributed by atoms with E-state index < -0.39 is 0 Å². The highest BCUT2D eigenvalue weighted by molar-refractivity contribution is 6.10. The molecule has 0 radical (unpaired) electrons. The van der Waals surface area contributed by atoms with Crippen molar-refractivity contribution in [1.29, 1.82) is 5.41 Å². The Morgan fingerprint density at radius 1 is 0.857 bits per heavy atom. The van der Waals surface area contributed by atoms with E-state index in [1.165, 1.54) is 0 Å². The summed E-state index contributed by atoms with van der Waals surface area (Å²) in [7, 11) is 1.64. The van der Waals surface area contributed by atoms with Crippen molar-refractivity contribution in [2.24, 2.45) is 10.3 Å². The number of hydrogen-bond acceptors (Lipinski definition) is 4. The maximum absolute atomic E-state index is 8.41. The van der Waals surface area contributed by atoms with Gasteiger partial charge in [0, 0.05) is 28.1 Å². The summed E-state index contributed by atoms with van der Waals surface area (Å²) in [6.07, 6.45) is 0. The highest BCUT2D eigenvalue weighted by Gasteiger charge is 2.10. The van der Waals surface area contributed by atoms with Crippen LogP contribution in [0, 0.1) is 17.3 Å². The minimum atomic E-state index is 0.178. The summed E-state index contributed by atoms with van der Waals surface area (Å²) < 4.78 is 5.20. The Morgan fingerprint density at radius 2 is 1.57 bits per heavy atom. The third kappa shape index (κ3) is 5.84. The predicted octanol–water partition coefficient (Wildman–Crippen LogP) is 6.68. The molecule has 0 aliphatic carbocycles. The number of rotatable bonds is 6. The molecule has 4 aromatic rings. The Bertz CT molecular complexity index is 1430. The molecule has 0 saturated heterocycles. The molecule has 0 heterocycles. The lowest BCUT2D eigenvalue weighted by atomic mass is 10.0. The van der Waals surface area contributed by atoms with Crippen molar-refractivity contribution in [1.82, 2.24) is 5.32 Å². The number of amidine groups is 1. The SMILES string of the molecule is COc1ccc(C#Cc2ccccc2N/N=N/c2ccc(C(=N)NC(C)C)c3ccccc23)cc1. The average molecular weight is 462 g/mol. The molecule has 0 aromatic heterocycles. The van der Waals surface area contributed by atoms with Gasteiger partial charge in [-0.3, -0.25) is 10.8 Å². The van der Waals surface area contributed by atoms with Crippen molar-refractivity contribution in [2.75, 3.05) is 12.5 Å². The van der Waals surface area contributed by atoms with Gasteiger partial charge in [-0.25, -0.2) is 0 Å². The molecule has 3 N–H and O–H groups in total. The van der Waals surface area contributed by atoms with Gasteiger partial charge < -0.3 is 10.1 Å². The molecule has 0 aliphatic heterocycles. The lowest BCUT2D eigenvalue weighted by molar-refractivity contribution is 0.415. The number of nitrogens with zero attached hydrogens (tertiary/aromatic N) is 2. The third-order valence-corrected chi connectivity index (χ3v) is 5.29. The first-order chi connectivity index (χ1) is 17.0. The van der Waals surface area contributed by atoms with E-state index in [2.05, 4.69) is 32.9 Å². The van der Waals surface area contributed by atoms with Crippen molar-refractivity contribution in [3.63, 3.8) is 0 Å². The second-order valence-corrected chi connectivity index (χ2v) is 8.19. The third-order valence-electron chi connectivity index (χ3n) is 5.29. The summed E-state index contributed by atoms with van der Waals surface area (Å²) in [4.78, 5) is 0. The zero-order valence-electron chi connectivity index (χ0n) is 20.0. The van der Waals surface area contributed by atoms with Crippen LogP contribution >= 0.6 is 0 Å². The first-order valence-electron chi connectivity index (χ1n) is 11.3. The number of fused-ring (bicyclic) bond motifs is 1. The Morgan fingerprint density at radius 3 is 2.31 bits per heavy atom. The first-order valence-corrected chi connectivity index (χ1v) is 11.3. The lowest BCUT2D eigenvalue weighted by Gasteiger charge is -2.14. The quantitative estimate of drug-likeness (QED) is 0.0984. The number of benzene rings is 4. The van der Waals surface area contributed by atoms with Crippen LogP contribution in [0.2, 0.25) is 0 Å². The molecule has 0 aliphatic rings. The Balaban J connectivity index is 1.56. The maximum atomic E-state index is 8.41. The normalized spacial score (nSPS) is 10.7. The highest BCUT2D eigenvalue weighted by Crippen LogP contribution is 2.29. The van der Waals surface area contributed by atoms with E-state index in [0.29, 0.717) is 5.84 Å². The van der Waals surface area contributed by atoms with Crippen molar-refractivity contribution in [3.05, 3.63) is 102 Å². The molecular weight excluding hydrogens is 434 g/mol. The maximum Gasteiger partial charge on any atom is 0.126 e. The number of nitrogens with one attached hydrogen (secondary N) is 3. The van der Waals surface area contributed by atoms with Crippen LogP contribution in [0.1, 0.15) is 30.5 Å².